The van der Waals surface area contributed by atoms with Crippen molar-refractivity contribution in [3.63, 3.8) is 0 Å². The average Bonchev–Trinajstić information content (AvgIpc) is 2.76. The summed E-state index contributed by atoms with van der Waals surface area (Å²) >= 11 is 1.88. The Morgan fingerprint density at radius 2 is 2.12 bits per heavy atom. The van der Waals surface area contributed by atoms with E-state index in [0.717, 1.165) is 32.5 Å². The molecule has 1 saturated carbocycles. The van der Waals surface area contributed by atoms with Gasteiger partial charge in [0.1, 0.15) is 0 Å². The molecule has 94 valence electrons. The monoisotopic (exact) mass is 251 g/mol. The molecule has 1 fully saturated rings. The highest BCUT2D eigenvalue weighted by Crippen LogP contribution is 2.31. The minimum absolute atomic E-state index is 0.397. The first kappa shape index (κ1) is 11.7. The van der Waals surface area contributed by atoms with Gasteiger partial charge in [-0.3, -0.25) is 4.90 Å². The van der Waals surface area contributed by atoms with E-state index in [1.165, 1.54) is 31.2 Å². The molecule has 3 heteroatoms. The van der Waals surface area contributed by atoms with Crippen LogP contribution in [0.4, 0.5) is 0 Å². The molecule has 2 aliphatic rings. The Balaban J connectivity index is 1.63. The Hall–Kier alpha value is -0.380. The molecule has 1 N–H and O–H groups in total. The summed E-state index contributed by atoms with van der Waals surface area (Å²) in [5, 5.41) is 12.8. The fourth-order valence-electron chi connectivity index (χ4n) is 3.23. The summed E-state index contributed by atoms with van der Waals surface area (Å²) in [6.45, 7) is 3.04. The average molecular weight is 251 g/mol. The first-order valence-corrected chi connectivity index (χ1v) is 7.63. The third kappa shape index (κ3) is 2.56. The Bertz CT molecular complexity index is 381. The third-order valence-electron chi connectivity index (χ3n) is 4.19. The van der Waals surface area contributed by atoms with E-state index >= 15 is 0 Å². The highest BCUT2D eigenvalue weighted by atomic mass is 32.1. The van der Waals surface area contributed by atoms with Crippen molar-refractivity contribution in [1.82, 2.24) is 4.90 Å². The summed E-state index contributed by atoms with van der Waals surface area (Å²) < 4.78 is 0. The predicted molar refractivity (Wildman–Crippen MR) is 71.3 cm³/mol. The molecule has 1 aromatic rings. The van der Waals surface area contributed by atoms with Gasteiger partial charge in [-0.05, 0) is 36.3 Å². The summed E-state index contributed by atoms with van der Waals surface area (Å²) in [7, 11) is 0. The predicted octanol–water partition coefficient (Wildman–Crippen LogP) is 2.80. The Kier molecular flexibility index (Phi) is 3.24. The van der Waals surface area contributed by atoms with Gasteiger partial charge in [-0.1, -0.05) is 19.3 Å². The maximum Gasteiger partial charge on any atom is 0.0774 e. The fourth-order valence-corrected chi connectivity index (χ4v) is 4.12. The van der Waals surface area contributed by atoms with Crippen molar-refractivity contribution in [2.45, 2.75) is 50.7 Å². The van der Waals surface area contributed by atoms with Crippen LogP contribution >= 0.6 is 11.3 Å². The molecule has 0 aromatic carbocycles. The quantitative estimate of drug-likeness (QED) is 0.873. The molecule has 0 saturated heterocycles. The molecular weight excluding hydrogens is 230 g/mol. The molecule has 1 aromatic heterocycles. The number of β-amino-alcohol motifs (C(OH)–C–C–N with tert-alkyl or cyclic N) is 1. The summed E-state index contributed by atoms with van der Waals surface area (Å²) in [4.78, 5) is 4.00. The summed E-state index contributed by atoms with van der Waals surface area (Å²) in [5.41, 5.74) is 1.09. The van der Waals surface area contributed by atoms with E-state index in [1.54, 1.807) is 4.88 Å². The van der Waals surface area contributed by atoms with Crippen molar-refractivity contribution in [3.05, 3.63) is 21.9 Å². The van der Waals surface area contributed by atoms with E-state index in [4.69, 9.17) is 0 Å². The lowest BCUT2D eigenvalue weighted by atomic mass is 9.84. The fraction of sp³-hybridized carbons (Fsp3) is 0.714. The van der Waals surface area contributed by atoms with Crippen LogP contribution in [-0.4, -0.2) is 28.7 Å². The number of hydrogen-bond acceptors (Lipinski definition) is 3. The lowest BCUT2D eigenvalue weighted by molar-refractivity contribution is -0.0290. The Morgan fingerprint density at radius 1 is 1.29 bits per heavy atom. The van der Waals surface area contributed by atoms with Gasteiger partial charge in [0, 0.05) is 24.5 Å². The van der Waals surface area contributed by atoms with Crippen LogP contribution in [0.3, 0.4) is 0 Å². The number of fused-ring (bicyclic) bond motifs is 1. The molecule has 0 amide bonds. The Labute approximate surface area is 107 Å². The standard InChI is InChI=1S/C14H21NOS/c16-14(6-2-1-3-7-14)11-15-8-4-13-12(10-15)5-9-17-13/h5,9,16H,1-4,6-8,10-11H2. The van der Waals surface area contributed by atoms with Crippen molar-refractivity contribution in [2.75, 3.05) is 13.1 Å². The SMILES string of the molecule is OC1(CN2CCc3sccc3C2)CCCCC1. The van der Waals surface area contributed by atoms with Gasteiger partial charge in [-0.15, -0.1) is 11.3 Å². The van der Waals surface area contributed by atoms with Crippen LogP contribution in [0.5, 0.6) is 0 Å². The highest BCUT2D eigenvalue weighted by Gasteiger charge is 2.32. The number of aliphatic hydroxyl groups is 1. The van der Waals surface area contributed by atoms with E-state index in [0.29, 0.717) is 0 Å². The van der Waals surface area contributed by atoms with E-state index in [-0.39, 0.29) is 0 Å². The zero-order valence-corrected chi connectivity index (χ0v) is 11.1. The maximum atomic E-state index is 10.6. The minimum Gasteiger partial charge on any atom is -0.389 e. The van der Waals surface area contributed by atoms with Gasteiger partial charge < -0.3 is 5.11 Å². The van der Waals surface area contributed by atoms with Crippen LogP contribution < -0.4 is 0 Å². The molecule has 0 atom stereocenters. The van der Waals surface area contributed by atoms with E-state index < -0.39 is 5.60 Å². The highest BCUT2D eigenvalue weighted by molar-refractivity contribution is 7.10. The van der Waals surface area contributed by atoms with Gasteiger partial charge >= 0.3 is 0 Å². The van der Waals surface area contributed by atoms with E-state index in [9.17, 15) is 5.11 Å². The minimum atomic E-state index is -0.397. The number of nitrogens with zero attached hydrogens (tertiary/aromatic N) is 1. The molecule has 1 aliphatic heterocycles. The zero-order valence-electron chi connectivity index (χ0n) is 10.3. The normalized spacial score (nSPS) is 24.5. The van der Waals surface area contributed by atoms with Crippen molar-refractivity contribution in [2.24, 2.45) is 0 Å². The van der Waals surface area contributed by atoms with Gasteiger partial charge in [0.25, 0.3) is 0 Å². The number of thiophene rings is 1. The van der Waals surface area contributed by atoms with Crippen LogP contribution in [0.25, 0.3) is 0 Å². The van der Waals surface area contributed by atoms with Crippen molar-refractivity contribution >= 4 is 11.3 Å². The van der Waals surface area contributed by atoms with Crippen LogP contribution in [0.15, 0.2) is 11.4 Å². The van der Waals surface area contributed by atoms with Crippen LogP contribution in [0.2, 0.25) is 0 Å². The number of rotatable bonds is 2. The first-order chi connectivity index (χ1) is 8.25. The first-order valence-electron chi connectivity index (χ1n) is 6.75. The van der Waals surface area contributed by atoms with E-state index in [1.807, 2.05) is 11.3 Å². The van der Waals surface area contributed by atoms with Gasteiger partial charge in [-0.2, -0.15) is 0 Å². The van der Waals surface area contributed by atoms with Crippen molar-refractivity contribution in [1.29, 1.82) is 0 Å². The molecule has 0 radical (unpaired) electrons. The maximum absolute atomic E-state index is 10.6. The van der Waals surface area contributed by atoms with Gasteiger partial charge in [-0.25, -0.2) is 0 Å². The second kappa shape index (κ2) is 4.71. The van der Waals surface area contributed by atoms with Gasteiger partial charge in [0.15, 0.2) is 0 Å². The summed E-state index contributed by atoms with van der Waals surface area (Å²) in [5.74, 6) is 0. The lowest BCUT2D eigenvalue weighted by Gasteiger charge is -2.38. The Morgan fingerprint density at radius 3 is 2.94 bits per heavy atom. The van der Waals surface area contributed by atoms with E-state index in [2.05, 4.69) is 16.3 Å². The lowest BCUT2D eigenvalue weighted by Crippen LogP contribution is -2.45. The molecule has 1 aliphatic carbocycles. The molecule has 0 spiro atoms. The second-order valence-electron chi connectivity index (χ2n) is 5.61. The van der Waals surface area contributed by atoms with Crippen molar-refractivity contribution in [3.8, 4) is 0 Å². The molecule has 17 heavy (non-hydrogen) atoms. The largest absolute Gasteiger partial charge is 0.389 e. The van der Waals surface area contributed by atoms with Crippen LogP contribution in [-0.2, 0) is 13.0 Å². The summed E-state index contributed by atoms with van der Waals surface area (Å²) in [6.07, 6.45) is 6.88. The molecule has 2 heterocycles. The van der Waals surface area contributed by atoms with Crippen LogP contribution in [0.1, 0.15) is 42.5 Å². The van der Waals surface area contributed by atoms with Gasteiger partial charge in [0.2, 0.25) is 0 Å². The van der Waals surface area contributed by atoms with Crippen molar-refractivity contribution < 1.29 is 5.11 Å². The molecule has 0 unspecified atom stereocenters. The molecular formula is C14H21NOS. The molecule has 0 bridgehead atoms. The van der Waals surface area contributed by atoms with Gasteiger partial charge in [0.05, 0.1) is 5.60 Å². The smallest absolute Gasteiger partial charge is 0.0774 e. The molecule has 3 rings (SSSR count). The zero-order chi connectivity index (χ0) is 11.7. The number of hydrogen-bond donors (Lipinski definition) is 1. The second-order valence-corrected chi connectivity index (χ2v) is 6.62. The van der Waals surface area contributed by atoms with Crippen LogP contribution in [0, 0.1) is 0 Å². The third-order valence-corrected chi connectivity index (χ3v) is 5.21. The topological polar surface area (TPSA) is 23.5 Å². The molecule has 2 nitrogen and oxygen atoms in total. The summed E-state index contributed by atoms with van der Waals surface area (Å²) in [6, 6.07) is 2.25.